The van der Waals surface area contributed by atoms with Crippen LogP contribution in [0.3, 0.4) is 0 Å². The first-order valence-electron chi connectivity index (χ1n) is 6.32. The lowest BCUT2D eigenvalue weighted by Crippen LogP contribution is -2.39. The molecule has 0 aromatic heterocycles. The van der Waals surface area contributed by atoms with Crippen molar-refractivity contribution >= 4 is 0 Å². The van der Waals surface area contributed by atoms with Crippen LogP contribution in [0, 0.1) is 0 Å². The molecule has 1 aliphatic rings. The number of rotatable bonds is 7. The predicted molar refractivity (Wildman–Crippen MR) is 64.2 cm³/mol. The van der Waals surface area contributed by atoms with E-state index < -0.39 is 0 Å². The molecule has 15 heavy (non-hydrogen) atoms. The number of methoxy groups -OCH3 is 1. The van der Waals surface area contributed by atoms with E-state index in [0.29, 0.717) is 6.10 Å². The lowest BCUT2D eigenvalue weighted by molar-refractivity contribution is 0.0309. The number of hydrogen-bond acceptors (Lipinski definition) is 3. The van der Waals surface area contributed by atoms with Crippen molar-refractivity contribution in [1.29, 1.82) is 0 Å². The molecule has 1 N–H and O–H groups in total. The Hall–Kier alpha value is -0.120. The van der Waals surface area contributed by atoms with Crippen molar-refractivity contribution in [3.05, 3.63) is 0 Å². The Morgan fingerprint density at radius 1 is 1.40 bits per heavy atom. The molecule has 0 amide bonds. The molecule has 1 unspecified atom stereocenters. The predicted octanol–water partition coefficient (Wildman–Crippen LogP) is 1.49. The standard InChI is InChI=1S/C12H26N2O/c1-3-13-8-4-5-9-14-10-6-7-12(11-14)15-2/h12-13H,3-11H2,1-2H3. The zero-order chi connectivity index (χ0) is 10.9. The van der Waals surface area contributed by atoms with E-state index in [1.807, 2.05) is 7.11 Å². The molecule has 1 heterocycles. The summed E-state index contributed by atoms with van der Waals surface area (Å²) in [6.45, 7) is 8.06. The van der Waals surface area contributed by atoms with Gasteiger partial charge in [0.25, 0.3) is 0 Å². The largest absolute Gasteiger partial charge is 0.380 e. The molecule has 0 radical (unpaired) electrons. The normalized spacial score (nSPS) is 23.2. The van der Waals surface area contributed by atoms with Crippen LogP contribution in [-0.2, 0) is 4.74 Å². The fourth-order valence-electron chi connectivity index (χ4n) is 2.17. The second-order valence-electron chi connectivity index (χ2n) is 4.36. The number of unbranched alkanes of at least 4 members (excludes halogenated alkanes) is 1. The first-order chi connectivity index (χ1) is 7.36. The number of piperidine rings is 1. The summed E-state index contributed by atoms with van der Waals surface area (Å²) in [7, 11) is 1.83. The molecule has 0 spiro atoms. The molecule has 0 saturated carbocycles. The van der Waals surface area contributed by atoms with Crippen molar-refractivity contribution in [2.24, 2.45) is 0 Å². The van der Waals surface area contributed by atoms with Crippen LogP contribution in [0.5, 0.6) is 0 Å². The Bertz CT molecular complexity index is 153. The van der Waals surface area contributed by atoms with Crippen molar-refractivity contribution in [2.45, 2.75) is 38.7 Å². The summed E-state index contributed by atoms with van der Waals surface area (Å²) in [6.07, 6.45) is 5.62. The van der Waals surface area contributed by atoms with Gasteiger partial charge in [-0.3, -0.25) is 0 Å². The van der Waals surface area contributed by atoms with Gasteiger partial charge in [-0.05, 0) is 51.9 Å². The van der Waals surface area contributed by atoms with Crippen molar-refractivity contribution in [1.82, 2.24) is 10.2 Å². The van der Waals surface area contributed by atoms with E-state index in [9.17, 15) is 0 Å². The summed E-state index contributed by atoms with van der Waals surface area (Å²) < 4.78 is 5.41. The Morgan fingerprint density at radius 2 is 2.27 bits per heavy atom. The van der Waals surface area contributed by atoms with E-state index in [4.69, 9.17) is 4.74 Å². The molecule has 0 aliphatic carbocycles. The van der Waals surface area contributed by atoms with Gasteiger partial charge in [0.2, 0.25) is 0 Å². The molecule has 1 rings (SSSR count). The molecule has 1 atom stereocenters. The Labute approximate surface area is 94.2 Å². The summed E-state index contributed by atoms with van der Waals surface area (Å²) in [6, 6.07) is 0. The SMILES string of the molecule is CCNCCCCN1CCCC(OC)C1. The van der Waals surface area contributed by atoms with Gasteiger partial charge in [0.15, 0.2) is 0 Å². The number of nitrogens with zero attached hydrogens (tertiary/aromatic N) is 1. The number of ether oxygens (including phenoxy) is 1. The highest BCUT2D eigenvalue weighted by atomic mass is 16.5. The third-order valence-electron chi connectivity index (χ3n) is 3.12. The molecule has 0 aromatic rings. The number of hydrogen-bond donors (Lipinski definition) is 1. The monoisotopic (exact) mass is 214 g/mol. The van der Waals surface area contributed by atoms with E-state index in [2.05, 4.69) is 17.1 Å². The highest BCUT2D eigenvalue weighted by molar-refractivity contribution is 4.72. The highest BCUT2D eigenvalue weighted by Crippen LogP contribution is 2.12. The molecular formula is C12H26N2O. The highest BCUT2D eigenvalue weighted by Gasteiger charge is 2.18. The maximum Gasteiger partial charge on any atom is 0.0698 e. The molecule has 1 aliphatic heterocycles. The maximum atomic E-state index is 5.41. The minimum Gasteiger partial charge on any atom is -0.380 e. The quantitative estimate of drug-likeness (QED) is 0.650. The summed E-state index contributed by atoms with van der Waals surface area (Å²) in [4.78, 5) is 2.55. The zero-order valence-electron chi connectivity index (χ0n) is 10.3. The molecule has 1 saturated heterocycles. The van der Waals surface area contributed by atoms with E-state index in [0.717, 1.165) is 19.6 Å². The van der Waals surface area contributed by atoms with Gasteiger partial charge in [-0.25, -0.2) is 0 Å². The van der Waals surface area contributed by atoms with Crippen LogP contribution in [0.2, 0.25) is 0 Å². The van der Waals surface area contributed by atoms with Gasteiger partial charge in [-0.1, -0.05) is 6.92 Å². The fraction of sp³-hybridized carbons (Fsp3) is 1.00. The molecule has 0 bridgehead atoms. The minimum atomic E-state index is 0.479. The summed E-state index contributed by atoms with van der Waals surface area (Å²) in [5.74, 6) is 0. The summed E-state index contributed by atoms with van der Waals surface area (Å²) >= 11 is 0. The lowest BCUT2D eigenvalue weighted by Gasteiger charge is -2.31. The van der Waals surface area contributed by atoms with Crippen LogP contribution in [-0.4, -0.2) is 50.8 Å². The van der Waals surface area contributed by atoms with Gasteiger partial charge in [0.05, 0.1) is 6.10 Å². The maximum absolute atomic E-state index is 5.41. The molecule has 0 aromatic carbocycles. The van der Waals surface area contributed by atoms with E-state index in [1.54, 1.807) is 0 Å². The molecule has 3 heteroatoms. The second kappa shape index (κ2) is 8.08. The van der Waals surface area contributed by atoms with Crippen LogP contribution in [0.4, 0.5) is 0 Å². The van der Waals surface area contributed by atoms with E-state index >= 15 is 0 Å². The van der Waals surface area contributed by atoms with E-state index in [-0.39, 0.29) is 0 Å². The summed E-state index contributed by atoms with van der Waals surface area (Å²) in [5.41, 5.74) is 0. The number of likely N-dealkylation sites (tertiary alicyclic amines) is 1. The van der Waals surface area contributed by atoms with Gasteiger partial charge < -0.3 is 15.0 Å². The average molecular weight is 214 g/mol. The van der Waals surface area contributed by atoms with Gasteiger partial charge in [-0.15, -0.1) is 0 Å². The third-order valence-corrected chi connectivity index (χ3v) is 3.12. The third kappa shape index (κ3) is 5.50. The minimum absolute atomic E-state index is 0.479. The van der Waals surface area contributed by atoms with Gasteiger partial charge in [0, 0.05) is 13.7 Å². The van der Waals surface area contributed by atoms with Gasteiger partial charge in [-0.2, -0.15) is 0 Å². The fourth-order valence-corrected chi connectivity index (χ4v) is 2.17. The Kier molecular flexibility index (Phi) is 6.98. The average Bonchev–Trinajstić information content (AvgIpc) is 2.29. The Balaban J connectivity index is 2.00. The van der Waals surface area contributed by atoms with E-state index in [1.165, 1.54) is 38.8 Å². The topological polar surface area (TPSA) is 24.5 Å². The van der Waals surface area contributed by atoms with Crippen LogP contribution in [0.1, 0.15) is 32.6 Å². The molecule has 3 nitrogen and oxygen atoms in total. The first-order valence-corrected chi connectivity index (χ1v) is 6.32. The van der Waals surface area contributed by atoms with Crippen LogP contribution >= 0.6 is 0 Å². The molecule has 1 fully saturated rings. The first kappa shape index (κ1) is 12.9. The molecular weight excluding hydrogens is 188 g/mol. The van der Waals surface area contributed by atoms with Crippen molar-refractivity contribution in [3.8, 4) is 0 Å². The van der Waals surface area contributed by atoms with Crippen LogP contribution in [0.25, 0.3) is 0 Å². The van der Waals surface area contributed by atoms with Gasteiger partial charge in [0.1, 0.15) is 0 Å². The number of nitrogens with one attached hydrogen (secondary N) is 1. The van der Waals surface area contributed by atoms with Crippen LogP contribution < -0.4 is 5.32 Å². The molecule has 90 valence electrons. The Morgan fingerprint density at radius 3 is 3.00 bits per heavy atom. The van der Waals surface area contributed by atoms with Crippen molar-refractivity contribution < 1.29 is 4.74 Å². The zero-order valence-corrected chi connectivity index (χ0v) is 10.3. The van der Waals surface area contributed by atoms with Crippen molar-refractivity contribution in [3.63, 3.8) is 0 Å². The van der Waals surface area contributed by atoms with Gasteiger partial charge >= 0.3 is 0 Å². The second-order valence-corrected chi connectivity index (χ2v) is 4.36. The van der Waals surface area contributed by atoms with Crippen LogP contribution in [0.15, 0.2) is 0 Å². The lowest BCUT2D eigenvalue weighted by atomic mass is 10.1. The summed E-state index contributed by atoms with van der Waals surface area (Å²) in [5, 5.41) is 3.36. The smallest absolute Gasteiger partial charge is 0.0698 e. The van der Waals surface area contributed by atoms with Crippen molar-refractivity contribution in [2.75, 3.05) is 39.8 Å².